The molecule has 0 saturated carbocycles. The molecule has 0 unspecified atom stereocenters. The van der Waals surface area contributed by atoms with E-state index in [0.717, 1.165) is 11.3 Å². The van der Waals surface area contributed by atoms with Gasteiger partial charge in [-0.3, -0.25) is 4.79 Å². The molecule has 1 atom stereocenters. The first-order valence-electron chi connectivity index (χ1n) is 5.76. The van der Waals surface area contributed by atoms with Gasteiger partial charge in [-0.1, -0.05) is 25.1 Å². The van der Waals surface area contributed by atoms with E-state index in [1.54, 1.807) is 0 Å². The summed E-state index contributed by atoms with van der Waals surface area (Å²) in [6.45, 7) is 3.97. The predicted octanol–water partition coefficient (Wildman–Crippen LogP) is 1.97. The molecule has 1 aromatic rings. The number of aliphatic hydroxyl groups is 1. The van der Waals surface area contributed by atoms with E-state index >= 15 is 0 Å². The average molecular weight is 253 g/mol. The fourth-order valence-electron chi connectivity index (χ4n) is 1.41. The molecule has 1 aromatic carbocycles. The largest absolute Gasteiger partial charge is 0.394 e. The summed E-state index contributed by atoms with van der Waals surface area (Å²) in [4.78, 5) is 12.7. The standard InChI is InChI=1S/C13H19NO2S/c1-3-11(8-15)14-13(16)9-17-12-7-5-4-6-10(12)2/h4-7,11,15H,3,8-9H2,1-2H3,(H,14,16)/t11-/m0/s1. The topological polar surface area (TPSA) is 49.3 Å². The number of carbonyl (C=O) groups is 1. The number of nitrogens with one attached hydrogen (secondary N) is 1. The Balaban J connectivity index is 2.41. The van der Waals surface area contributed by atoms with E-state index in [-0.39, 0.29) is 18.6 Å². The smallest absolute Gasteiger partial charge is 0.230 e. The van der Waals surface area contributed by atoms with Crippen LogP contribution < -0.4 is 5.32 Å². The van der Waals surface area contributed by atoms with Gasteiger partial charge in [-0.2, -0.15) is 0 Å². The second-order valence-electron chi connectivity index (χ2n) is 3.91. The van der Waals surface area contributed by atoms with Crippen molar-refractivity contribution in [3.05, 3.63) is 29.8 Å². The number of carbonyl (C=O) groups excluding carboxylic acids is 1. The summed E-state index contributed by atoms with van der Waals surface area (Å²) in [5, 5.41) is 11.8. The van der Waals surface area contributed by atoms with E-state index in [1.807, 2.05) is 38.1 Å². The summed E-state index contributed by atoms with van der Waals surface area (Å²) in [6.07, 6.45) is 0.747. The van der Waals surface area contributed by atoms with E-state index in [0.29, 0.717) is 5.75 Å². The Morgan fingerprint density at radius 1 is 1.47 bits per heavy atom. The minimum absolute atomic E-state index is 0.00271. The summed E-state index contributed by atoms with van der Waals surface area (Å²) in [5.41, 5.74) is 1.18. The molecule has 0 aromatic heterocycles. The van der Waals surface area contributed by atoms with Crippen molar-refractivity contribution < 1.29 is 9.90 Å². The molecule has 0 fully saturated rings. The summed E-state index contributed by atoms with van der Waals surface area (Å²) in [5.74, 6) is 0.362. The molecule has 0 heterocycles. The predicted molar refractivity (Wildman–Crippen MR) is 71.2 cm³/mol. The van der Waals surface area contributed by atoms with Gasteiger partial charge in [0.05, 0.1) is 18.4 Å². The Labute approximate surface area is 107 Å². The van der Waals surface area contributed by atoms with Gasteiger partial charge in [0.25, 0.3) is 0 Å². The fourth-order valence-corrected chi connectivity index (χ4v) is 2.25. The highest BCUT2D eigenvalue weighted by molar-refractivity contribution is 8.00. The van der Waals surface area contributed by atoms with E-state index in [9.17, 15) is 4.79 Å². The number of hydrogen-bond donors (Lipinski definition) is 2. The van der Waals surface area contributed by atoms with Crippen molar-refractivity contribution in [1.82, 2.24) is 5.32 Å². The highest BCUT2D eigenvalue weighted by atomic mass is 32.2. The van der Waals surface area contributed by atoms with Crippen molar-refractivity contribution >= 4 is 17.7 Å². The van der Waals surface area contributed by atoms with Gasteiger partial charge in [0.15, 0.2) is 0 Å². The van der Waals surface area contributed by atoms with Gasteiger partial charge in [0.2, 0.25) is 5.91 Å². The van der Waals surface area contributed by atoms with Crippen molar-refractivity contribution in [2.24, 2.45) is 0 Å². The highest BCUT2D eigenvalue weighted by Crippen LogP contribution is 2.21. The normalized spacial score (nSPS) is 12.2. The van der Waals surface area contributed by atoms with Crippen LogP contribution >= 0.6 is 11.8 Å². The minimum Gasteiger partial charge on any atom is -0.394 e. The molecule has 0 aliphatic rings. The molecule has 1 rings (SSSR count). The summed E-state index contributed by atoms with van der Waals surface area (Å²) >= 11 is 1.52. The average Bonchev–Trinajstić information content (AvgIpc) is 2.35. The second kappa shape index (κ2) is 7.35. The lowest BCUT2D eigenvalue weighted by molar-refractivity contribution is -0.119. The van der Waals surface area contributed by atoms with Crippen LogP contribution in [0.3, 0.4) is 0 Å². The minimum atomic E-state index is -0.125. The van der Waals surface area contributed by atoms with Gasteiger partial charge in [-0.25, -0.2) is 0 Å². The van der Waals surface area contributed by atoms with Crippen molar-refractivity contribution in [3.8, 4) is 0 Å². The van der Waals surface area contributed by atoms with Crippen molar-refractivity contribution in [1.29, 1.82) is 0 Å². The molecular weight excluding hydrogens is 234 g/mol. The SMILES string of the molecule is CC[C@@H](CO)NC(=O)CSc1ccccc1C. The van der Waals surface area contributed by atoms with E-state index in [1.165, 1.54) is 17.3 Å². The van der Waals surface area contributed by atoms with Crippen LogP contribution in [0.5, 0.6) is 0 Å². The third kappa shape index (κ3) is 4.79. The van der Waals surface area contributed by atoms with Crippen LogP contribution in [0.4, 0.5) is 0 Å². The number of aliphatic hydroxyl groups excluding tert-OH is 1. The Hall–Kier alpha value is -1.00. The molecule has 17 heavy (non-hydrogen) atoms. The van der Waals surface area contributed by atoms with Gasteiger partial charge in [-0.05, 0) is 25.0 Å². The second-order valence-corrected chi connectivity index (χ2v) is 4.93. The van der Waals surface area contributed by atoms with Crippen molar-refractivity contribution in [3.63, 3.8) is 0 Å². The van der Waals surface area contributed by atoms with Gasteiger partial charge < -0.3 is 10.4 Å². The molecule has 0 bridgehead atoms. The first-order chi connectivity index (χ1) is 8.17. The Bertz CT molecular complexity index is 364. The number of rotatable bonds is 6. The maximum atomic E-state index is 11.6. The van der Waals surface area contributed by atoms with Gasteiger partial charge in [0.1, 0.15) is 0 Å². The number of thioether (sulfide) groups is 1. The van der Waals surface area contributed by atoms with Crippen LogP contribution in [-0.2, 0) is 4.79 Å². The maximum absolute atomic E-state index is 11.6. The molecule has 1 amide bonds. The van der Waals surface area contributed by atoms with Crippen LogP contribution in [0, 0.1) is 6.92 Å². The van der Waals surface area contributed by atoms with Gasteiger partial charge >= 0.3 is 0 Å². The first kappa shape index (κ1) is 14.1. The fraction of sp³-hybridized carbons (Fsp3) is 0.462. The zero-order valence-corrected chi connectivity index (χ0v) is 11.1. The van der Waals surface area contributed by atoms with Crippen LogP contribution in [0.1, 0.15) is 18.9 Å². The third-order valence-corrected chi connectivity index (χ3v) is 3.71. The lowest BCUT2D eigenvalue weighted by atomic mass is 10.2. The highest BCUT2D eigenvalue weighted by Gasteiger charge is 2.09. The van der Waals surface area contributed by atoms with Gasteiger partial charge in [-0.15, -0.1) is 11.8 Å². The molecule has 4 heteroatoms. The molecule has 94 valence electrons. The molecule has 0 saturated heterocycles. The number of amides is 1. The molecule has 0 aliphatic heterocycles. The molecule has 3 nitrogen and oxygen atoms in total. The van der Waals surface area contributed by atoms with Crippen molar-refractivity contribution in [2.45, 2.75) is 31.2 Å². The van der Waals surface area contributed by atoms with E-state index in [4.69, 9.17) is 5.11 Å². The van der Waals surface area contributed by atoms with Crippen LogP contribution in [0.25, 0.3) is 0 Å². The van der Waals surface area contributed by atoms with E-state index in [2.05, 4.69) is 5.32 Å². The number of aryl methyl sites for hydroxylation is 1. The Kier molecular flexibility index (Phi) is 6.08. The van der Waals surface area contributed by atoms with Crippen LogP contribution in [0.2, 0.25) is 0 Å². The summed E-state index contributed by atoms with van der Waals surface area (Å²) < 4.78 is 0. The molecule has 0 radical (unpaired) electrons. The van der Waals surface area contributed by atoms with Crippen LogP contribution in [0.15, 0.2) is 29.2 Å². The quantitative estimate of drug-likeness (QED) is 0.762. The first-order valence-corrected chi connectivity index (χ1v) is 6.74. The monoisotopic (exact) mass is 253 g/mol. The molecular formula is C13H19NO2S. The van der Waals surface area contributed by atoms with Crippen LogP contribution in [-0.4, -0.2) is 29.4 Å². The lowest BCUT2D eigenvalue weighted by Gasteiger charge is -2.13. The lowest BCUT2D eigenvalue weighted by Crippen LogP contribution is -2.37. The van der Waals surface area contributed by atoms with E-state index < -0.39 is 0 Å². The maximum Gasteiger partial charge on any atom is 0.230 e. The number of hydrogen-bond acceptors (Lipinski definition) is 3. The Morgan fingerprint density at radius 2 is 2.18 bits per heavy atom. The van der Waals surface area contributed by atoms with Gasteiger partial charge in [0, 0.05) is 4.90 Å². The summed E-state index contributed by atoms with van der Waals surface area (Å²) in [7, 11) is 0. The zero-order chi connectivity index (χ0) is 12.7. The Morgan fingerprint density at radius 3 is 2.76 bits per heavy atom. The molecule has 0 aliphatic carbocycles. The summed E-state index contributed by atoms with van der Waals surface area (Å²) in [6, 6.07) is 7.87. The zero-order valence-electron chi connectivity index (χ0n) is 10.3. The molecule has 2 N–H and O–H groups in total. The van der Waals surface area contributed by atoms with Crippen molar-refractivity contribution in [2.75, 3.05) is 12.4 Å². The third-order valence-electron chi connectivity index (χ3n) is 2.53. The molecule has 0 spiro atoms. The number of benzene rings is 1.